The van der Waals surface area contributed by atoms with Crippen LogP contribution < -0.4 is 15.4 Å². The number of furan rings is 1. The van der Waals surface area contributed by atoms with Crippen molar-refractivity contribution in [2.45, 2.75) is 0 Å². The highest BCUT2D eigenvalue weighted by molar-refractivity contribution is 6.03. The summed E-state index contributed by atoms with van der Waals surface area (Å²) in [6.45, 7) is 0. The summed E-state index contributed by atoms with van der Waals surface area (Å²) in [7, 11) is 1.58. The van der Waals surface area contributed by atoms with Crippen LogP contribution in [-0.2, 0) is 4.79 Å². The number of hydrogen-bond acceptors (Lipinski definition) is 4. The number of amides is 2. The second-order valence-corrected chi connectivity index (χ2v) is 5.57. The lowest BCUT2D eigenvalue weighted by molar-refractivity contribution is -0.111. The maximum atomic E-state index is 12.1. The van der Waals surface area contributed by atoms with Crippen molar-refractivity contribution in [2.75, 3.05) is 17.7 Å². The summed E-state index contributed by atoms with van der Waals surface area (Å²) in [4.78, 5) is 24.0. The fourth-order valence-corrected chi connectivity index (χ4v) is 2.39. The molecule has 0 aliphatic rings. The molecule has 6 heteroatoms. The van der Waals surface area contributed by atoms with Crippen LogP contribution >= 0.6 is 0 Å². The molecule has 136 valence electrons. The van der Waals surface area contributed by atoms with Crippen LogP contribution in [0.4, 0.5) is 11.4 Å². The lowest BCUT2D eigenvalue weighted by Gasteiger charge is -2.06. The molecule has 0 aliphatic heterocycles. The van der Waals surface area contributed by atoms with Gasteiger partial charge < -0.3 is 19.8 Å². The van der Waals surface area contributed by atoms with Crippen molar-refractivity contribution < 1.29 is 18.7 Å². The van der Waals surface area contributed by atoms with Gasteiger partial charge in [0, 0.05) is 23.0 Å². The van der Waals surface area contributed by atoms with E-state index in [1.807, 2.05) is 24.3 Å². The van der Waals surface area contributed by atoms with Crippen LogP contribution in [0, 0.1) is 0 Å². The Morgan fingerprint density at radius 3 is 2.30 bits per heavy atom. The van der Waals surface area contributed by atoms with E-state index >= 15 is 0 Å². The Morgan fingerprint density at radius 2 is 1.63 bits per heavy atom. The molecule has 2 amide bonds. The third kappa shape index (κ3) is 4.85. The Balaban J connectivity index is 1.58. The first-order chi connectivity index (χ1) is 13.2. The highest BCUT2D eigenvalue weighted by atomic mass is 16.5. The van der Waals surface area contributed by atoms with Gasteiger partial charge in [0.15, 0.2) is 5.76 Å². The number of rotatable bonds is 6. The van der Waals surface area contributed by atoms with E-state index in [2.05, 4.69) is 10.6 Å². The largest absolute Gasteiger partial charge is 0.496 e. The summed E-state index contributed by atoms with van der Waals surface area (Å²) in [5.41, 5.74) is 2.02. The van der Waals surface area contributed by atoms with E-state index in [1.165, 1.54) is 12.3 Å². The molecule has 3 rings (SSSR count). The molecule has 0 fully saturated rings. The van der Waals surface area contributed by atoms with Crippen molar-refractivity contribution in [2.24, 2.45) is 0 Å². The molecule has 6 nitrogen and oxygen atoms in total. The molecular weight excluding hydrogens is 344 g/mol. The zero-order valence-electron chi connectivity index (χ0n) is 14.6. The third-order valence-corrected chi connectivity index (χ3v) is 3.71. The van der Waals surface area contributed by atoms with Crippen molar-refractivity contribution in [1.29, 1.82) is 0 Å². The van der Waals surface area contributed by atoms with Gasteiger partial charge in [-0.2, -0.15) is 0 Å². The zero-order valence-corrected chi connectivity index (χ0v) is 14.6. The first-order valence-corrected chi connectivity index (χ1v) is 8.23. The molecule has 0 aliphatic carbocycles. The molecule has 2 N–H and O–H groups in total. The van der Waals surface area contributed by atoms with Crippen LogP contribution in [0.25, 0.3) is 6.08 Å². The van der Waals surface area contributed by atoms with Crippen LogP contribution in [0.5, 0.6) is 5.75 Å². The predicted molar refractivity (Wildman–Crippen MR) is 104 cm³/mol. The minimum Gasteiger partial charge on any atom is -0.496 e. The minimum atomic E-state index is -0.337. The van der Waals surface area contributed by atoms with Crippen LogP contribution in [0.2, 0.25) is 0 Å². The predicted octanol–water partition coefficient (Wildman–Crippen LogP) is 4.19. The third-order valence-electron chi connectivity index (χ3n) is 3.71. The molecule has 1 heterocycles. The van der Waals surface area contributed by atoms with Crippen LogP contribution in [0.1, 0.15) is 16.1 Å². The number of anilines is 2. The summed E-state index contributed by atoms with van der Waals surface area (Å²) < 4.78 is 10.3. The molecule has 2 aromatic carbocycles. The summed E-state index contributed by atoms with van der Waals surface area (Å²) in [6.07, 6.45) is 4.56. The fourth-order valence-electron chi connectivity index (χ4n) is 2.39. The second-order valence-electron chi connectivity index (χ2n) is 5.57. The van der Waals surface area contributed by atoms with Crippen LogP contribution in [0.15, 0.2) is 77.4 Å². The fraction of sp³-hybridized carbons (Fsp3) is 0.0476. The van der Waals surface area contributed by atoms with Gasteiger partial charge in [0.25, 0.3) is 5.91 Å². The van der Waals surface area contributed by atoms with Gasteiger partial charge in [0.1, 0.15) is 5.75 Å². The molecule has 0 saturated heterocycles. The Hall–Kier alpha value is -3.80. The van der Waals surface area contributed by atoms with E-state index in [4.69, 9.17) is 9.15 Å². The van der Waals surface area contributed by atoms with Gasteiger partial charge in [-0.3, -0.25) is 9.59 Å². The lowest BCUT2D eigenvalue weighted by atomic mass is 10.2. The van der Waals surface area contributed by atoms with Crippen molar-refractivity contribution in [3.8, 4) is 5.75 Å². The van der Waals surface area contributed by atoms with E-state index in [1.54, 1.807) is 49.6 Å². The van der Waals surface area contributed by atoms with Crippen molar-refractivity contribution in [3.63, 3.8) is 0 Å². The number of nitrogens with one attached hydrogen (secondary N) is 2. The molecule has 0 bridgehead atoms. The standard InChI is InChI=1S/C21H18N2O4/c1-26-18-6-3-2-5-15(18)8-13-20(24)22-16-9-11-17(12-10-16)23-21(25)19-7-4-14-27-19/h2-14H,1H3,(H,22,24)(H,23,25)/b13-8+. The number of hydrogen-bond donors (Lipinski definition) is 2. The highest BCUT2D eigenvalue weighted by Gasteiger charge is 2.08. The summed E-state index contributed by atoms with van der Waals surface area (Å²) in [5, 5.41) is 5.47. The number of methoxy groups -OCH3 is 1. The average molecular weight is 362 g/mol. The zero-order chi connectivity index (χ0) is 19.1. The SMILES string of the molecule is COc1ccccc1/C=C/C(=O)Nc1ccc(NC(=O)c2ccco2)cc1. The van der Waals surface area contributed by atoms with Gasteiger partial charge in [0.05, 0.1) is 13.4 Å². The number of para-hydroxylation sites is 1. The summed E-state index contributed by atoms with van der Waals surface area (Å²) >= 11 is 0. The Bertz CT molecular complexity index is 945. The molecular formula is C21H18N2O4. The number of carbonyl (C=O) groups is 2. The second kappa shape index (κ2) is 8.53. The lowest BCUT2D eigenvalue weighted by Crippen LogP contribution is -2.11. The highest BCUT2D eigenvalue weighted by Crippen LogP contribution is 2.19. The smallest absolute Gasteiger partial charge is 0.291 e. The molecule has 1 aromatic heterocycles. The van der Waals surface area contributed by atoms with E-state index in [0.717, 1.165) is 5.56 Å². The van der Waals surface area contributed by atoms with Crippen molar-refractivity contribution in [1.82, 2.24) is 0 Å². The van der Waals surface area contributed by atoms with Gasteiger partial charge in [0.2, 0.25) is 5.91 Å². The number of carbonyl (C=O) groups excluding carboxylic acids is 2. The molecule has 0 spiro atoms. The van der Waals surface area contributed by atoms with E-state index in [-0.39, 0.29) is 17.6 Å². The number of benzene rings is 2. The molecule has 0 atom stereocenters. The first kappa shape index (κ1) is 18.0. The topological polar surface area (TPSA) is 80.6 Å². The average Bonchev–Trinajstić information content (AvgIpc) is 3.23. The Kier molecular flexibility index (Phi) is 5.69. The van der Waals surface area contributed by atoms with E-state index < -0.39 is 0 Å². The molecule has 3 aromatic rings. The van der Waals surface area contributed by atoms with E-state index in [9.17, 15) is 9.59 Å². The van der Waals surface area contributed by atoms with E-state index in [0.29, 0.717) is 17.1 Å². The normalized spacial score (nSPS) is 10.6. The molecule has 0 saturated carbocycles. The Labute approximate surface area is 156 Å². The van der Waals surface area contributed by atoms with Crippen LogP contribution in [-0.4, -0.2) is 18.9 Å². The molecule has 27 heavy (non-hydrogen) atoms. The number of ether oxygens (including phenoxy) is 1. The maximum absolute atomic E-state index is 12.1. The van der Waals surface area contributed by atoms with Crippen LogP contribution in [0.3, 0.4) is 0 Å². The van der Waals surface area contributed by atoms with Gasteiger partial charge >= 0.3 is 0 Å². The van der Waals surface area contributed by atoms with Crippen molar-refractivity contribution >= 4 is 29.3 Å². The van der Waals surface area contributed by atoms with Gasteiger partial charge in [-0.15, -0.1) is 0 Å². The van der Waals surface area contributed by atoms with Crippen molar-refractivity contribution in [3.05, 3.63) is 84.3 Å². The molecule has 0 radical (unpaired) electrons. The maximum Gasteiger partial charge on any atom is 0.291 e. The summed E-state index contributed by atoms with van der Waals surface area (Å²) in [5.74, 6) is 0.317. The molecule has 0 unspecified atom stereocenters. The van der Waals surface area contributed by atoms with Gasteiger partial charge in [-0.05, 0) is 48.5 Å². The monoisotopic (exact) mass is 362 g/mol. The summed E-state index contributed by atoms with van der Waals surface area (Å²) in [6, 6.07) is 17.4. The Morgan fingerprint density at radius 1 is 0.926 bits per heavy atom. The minimum absolute atomic E-state index is 0.230. The van der Waals surface area contributed by atoms with Gasteiger partial charge in [-0.1, -0.05) is 18.2 Å². The first-order valence-electron chi connectivity index (χ1n) is 8.23. The van der Waals surface area contributed by atoms with Gasteiger partial charge in [-0.25, -0.2) is 0 Å². The quantitative estimate of drug-likeness (QED) is 0.644.